The number of hydrogen-bond acceptors (Lipinski definition) is 3. The second kappa shape index (κ2) is 8.59. The highest BCUT2D eigenvalue weighted by atomic mass is 16.5. The summed E-state index contributed by atoms with van der Waals surface area (Å²) in [5, 5.41) is 21.5. The Morgan fingerprint density at radius 3 is 2.24 bits per heavy atom. The van der Waals surface area contributed by atoms with Crippen LogP contribution in [0.4, 0.5) is 0 Å². The largest absolute Gasteiger partial charge is 0.393 e. The third-order valence-electron chi connectivity index (χ3n) is 13.0. The molecule has 4 aliphatic rings. The first-order valence-corrected chi connectivity index (χ1v) is 14.2. The molecule has 3 nitrogen and oxygen atoms in total. The Balaban J connectivity index is 1.53. The Hall–Kier alpha value is -0.380. The summed E-state index contributed by atoms with van der Waals surface area (Å²) in [5.41, 5.74) is 1.95. The molecule has 4 aliphatic carbocycles. The molecule has 0 aliphatic heterocycles. The lowest BCUT2D eigenvalue weighted by molar-refractivity contribution is -0.220. The second-order valence-electron chi connectivity index (χ2n) is 14.7. The van der Waals surface area contributed by atoms with E-state index in [1.165, 1.54) is 50.5 Å². The highest BCUT2D eigenvalue weighted by molar-refractivity contribution is 5.20. The molecule has 4 fully saturated rings. The van der Waals surface area contributed by atoms with Crippen LogP contribution in [0.3, 0.4) is 0 Å². The van der Waals surface area contributed by atoms with Gasteiger partial charge in [-0.05, 0) is 123 Å². The van der Waals surface area contributed by atoms with Crippen LogP contribution in [0.1, 0.15) is 113 Å². The van der Waals surface area contributed by atoms with Crippen molar-refractivity contribution in [2.24, 2.45) is 45.3 Å². The van der Waals surface area contributed by atoms with Crippen molar-refractivity contribution in [3.63, 3.8) is 0 Å². The average molecular weight is 475 g/mol. The SMILES string of the molecule is C=C(CCC(O)C(C)(C)OC)C1CCC2(C)C1CCC1C3(C)CCC(O)C(C)(C)C3CCC12C. The Kier molecular flexibility index (Phi) is 6.74. The normalized spacial score (nSPS) is 46.8. The first-order chi connectivity index (χ1) is 15.6. The molecule has 4 rings (SSSR count). The summed E-state index contributed by atoms with van der Waals surface area (Å²) < 4.78 is 5.51. The quantitative estimate of drug-likeness (QED) is 0.402. The molecular formula is C31H54O3. The molecule has 4 saturated carbocycles. The van der Waals surface area contributed by atoms with Crippen LogP contribution in [0.15, 0.2) is 12.2 Å². The zero-order chi connectivity index (χ0) is 25.3. The van der Waals surface area contributed by atoms with E-state index in [1.54, 1.807) is 7.11 Å². The van der Waals surface area contributed by atoms with Gasteiger partial charge >= 0.3 is 0 Å². The predicted octanol–water partition coefficient (Wildman–Crippen LogP) is 7.15. The summed E-state index contributed by atoms with van der Waals surface area (Å²) in [7, 11) is 1.68. The van der Waals surface area contributed by atoms with E-state index >= 15 is 0 Å². The topological polar surface area (TPSA) is 49.7 Å². The maximum absolute atomic E-state index is 10.9. The van der Waals surface area contributed by atoms with Crippen molar-refractivity contribution in [3.8, 4) is 0 Å². The van der Waals surface area contributed by atoms with Gasteiger partial charge in [0.1, 0.15) is 0 Å². The van der Waals surface area contributed by atoms with Crippen LogP contribution in [0.2, 0.25) is 0 Å². The van der Waals surface area contributed by atoms with Crippen LogP contribution >= 0.6 is 0 Å². The molecule has 0 aromatic heterocycles. The minimum atomic E-state index is -0.508. The van der Waals surface area contributed by atoms with Crippen LogP contribution in [0, 0.1) is 45.3 Å². The summed E-state index contributed by atoms with van der Waals surface area (Å²) in [6, 6.07) is 0. The Morgan fingerprint density at radius 1 is 0.941 bits per heavy atom. The number of hydrogen-bond donors (Lipinski definition) is 2. The van der Waals surface area contributed by atoms with Gasteiger partial charge in [-0.1, -0.05) is 46.8 Å². The van der Waals surface area contributed by atoms with Gasteiger partial charge in [-0.25, -0.2) is 0 Å². The molecule has 2 N–H and O–H groups in total. The Morgan fingerprint density at radius 2 is 1.59 bits per heavy atom. The van der Waals surface area contributed by atoms with Gasteiger partial charge in [0.05, 0.1) is 17.8 Å². The minimum absolute atomic E-state index is 0.0232. The number of aliphatic hydroxyl groups is 2. The average Bonchev–Trinajstić information content (AvgIpc) is 3.13. The lowest BCUT2D eigenvalue weighted by Gasteiger charge is -2.69. The van der Waals surface area contributed by atoms with Crippen molar-refractivity contribution in [3.05, 3.63) is 12.2 Å². The van der Waals surface area contributed by atoms with E-state index in [9.17, 15) is 10.2 Å². The number of ether oxygens (including phenoxy) is 1. The minimum Gasteiger partial charge on any atom is -0.393 e. The van der Waals surface area contributed by atoms with Gasteiger partial charge in [0.2, 0.25) is 0 Å². The number of aliphatic hydroxyl groups excluding tert-OH is 2. The van der Waals surface area contributed by atoms with E-state index in [4.69, 9.17) is 4.74 Å². The molecule has 0 amide bonds. The van der Waals surface area contributed by atoms with Crippen molar-refractivity contribution >= 4 is 0 Å². The highest BCUT2D eigenvalue weighted by Gasteiger charge is 2.68. The fraction of sp³-hybridized carbons (Fsp3) is 0.935. The van der Waals surface area contributed by atoms with E-state index in [0.717, 1.165) is 31.1 Å². The lowest BCUT2D eigenvalue weighted by Crippen LogP contribution is -2.63. The molecule has 0 aromatic rings. The van der Waals surface area contributed by atoms with Crippen molar-refractivity contribution in [1.82, 2.24) is 0 Å². The van der Waals surface area contributed by atoms with Gasteiger partial charge in [-0.15, -0.1) is 0 Å². The molecule has 0 heterocycles. The molecule has 0 radical (unpaired) electrons. The van der Waals surface area contributed by atoms with E-state index in [2.05, 4.69) is 41.2 Å². The smallest absolute Gasteiger partial charge is 0.0880 e. The predicted molar refractivity (Wildman–Crippen MR) is 140 cm³/mol. The molecule has 0 saturated heterocycles. The van der Waals surface area contributed by atoms with Gasteiger partial charge in [0.15, 0.2) is 0 Å². The zero-order valence-electron chi connectivity index (χ0n) is 23.5. The van der Waals surface area contributed by atoms with Crippen LogP contribution in [0.5, 0.6) is 0 Å². The van der Waals surface area contributed by atoms with Crippen molar-refractivity contribution in [2.45, 2.75) is 130 Å². The lowest BCUT2D eigenvalue weighted by atomic mass is 9.35. The first-order valence-electron chi connectivity index (χ1n) is 14.2. The van der Waals surface area contributed by atoms with Gasteiger partial charge < -0.3 is 14.9 Å². The monoisotopic (exact) mass is 474 g/mol. The molecule has 34 heavy (non-hydrogen) atoms. The summed E-state index contributed by atoms with van der Waals surface area (Å²) in [4.78, 5) is 0. The van der Waals surface area contributed by atoms with Crippen LogP contribution in [0.25, 0.3) is 0 Å². The maximum Gasteiger partial charge on any atom is 0.0880 e. The van der Waals surface area contributed by atoms with Crippen LogP contribution in [-0.4, -0.2) is 35.1 Å². The highest BCUT2D eigenvalue weighted by Crippen LogP contribution is 2.75. The summed E-state index contributed by atoms with van der Waals surface area (Å²) in [6.45, 7) is 21.1. The standard InChI is InChI=1S/C31H54O3/c1-20(10-13-26(33)28(4,5)34-9)21-14-18-30(7)22(21)11-12-24-29(6)17-16-25(32)27(2,3)23(29)15-19-31(24,30)8/h21-26,32-33H,1,10-19H2,2-9H3. The third kappa shape index (κ3) is 3.69. The van der Waals surface area contributed by atoms with E-state index in [-0.39, 0.29) is 11.5 Å². The maximum atomic E-state index is 10.9. The molecular weight excluding hydrogens is 420 g/mol. The molecule has 0 aromatic carbocycles. The summed E-state index contributed by atoms with van der Waals surface area (Å²) >= 11 is 0. The van der Waals surface area contributed by atoms with Gasteiger partial charge in [0, 0.05) is 7.11 Å². The number of rotatable bonds is 6. The number of methoxy groups -OCH3 is 1. The zero-order valence-corrected chi connectivity index (χ0v) is 23.5. The molecule has 0 bridgehead atoms. The second-order valence-corrected chi connectivity index (χ2v) is 14.7. The van der Waals surface area contributed by atoms with Gasteiger partial charge in [-0.3, -0.25) is 0 Å². The van der Waals surface area contributed by atoms with E-state index in [0.29, 0.717) is 28.1 Å². The molecule has 0 spiro atoms. The Labute approximate surface area is 210 Å². The number of allylic oxidation sites excluding steroid dienone is 1. The Bertz CT molecular complexity index is 786. The first kappa shape index (κ1) is 26.7. The summed E-state index contributed by atoms with van der Waals surface area (Å²) in [5.74, 6) is 2.69. The van der Waals surface area contributed by atoms with E-state index in [1.807, 2.05) is 13.8 Å². The fourth-order valence-corrected chi connectivity index (χ4v) is 10.2. The third-order valence-corrected chi connectivity index (χ3v) is 13.0. The van der Waals surface area contributed by atoms with Crippen molar-refractivity contribution in [1.29, 1.82) is 0 Å². The van der Waals surface area contributed by atoms with Gasteiger partial charge in [-0.2, -0.15) is 0 Å². The molecule has 3 heteroatoms. The van der Waals surface area contributed by atoms with Gasteiger partial charge in [0.25, 0.3) is 0 Å². The van der Waals surface area contributed by atoms with E-state index < -0.39 is 11.7 Å². The fourth-order valence-electron chi connectivity index (χ4n) is 10.2. The van der Waals surface area contributed by atoms with Crippen LogP contribution < -0.4 is 0 Å². The number of fused-ring (bicyclic) bond motifs is 5. The molecule has 9 atom stereocenters. The molecule has 196 valence electrons. The van der Waals surface area contributed by atoms with Crippen LogP contribution in [-0.2, 0) is 4.74 Å². The summed E-state index contributed by atoms with van der Waals surface area (Å²) in [6.07, 6.45) is 11.0. The van der Waals surface area contributed by atoms with Crippen molar-refractivity contribution < 1.29 is 14.9 Å². The van der Waals surface area contributed by atoms with Crippen molar-refractivity contribution in [2.75, 3.05) is 7.11 Å². The molecule has 9 unspecified atom stereocenters.